The molecule has 0 saturated carbocycles. The second-order valence-corrected chi connectivity index (χ2v) is 7.55. The zero-order valence-electron chi connectivity index (χ0n) is 17.7. The number of nitrogens with zero attached hydrogens (tertiary/aromatic N) is 2. The van der Waals surface area contributed by atoms with Crippen molar-refractivity contribution in [1.29, 1.82) is 0 Å². The molecule has 152 valence electrons. The summed E-state index contributed by atoms with van der Waals surface area (Å²) in [5.74, 6) is 0.0553. The highest BCUT2D eigenvalue weighted by Gasteiger charge is 2.24. The van der Waals surface area contributed by atoms with Gasteiger partial charge in [0.1, 0.15) is 0 Å². The normalized spacial score (nSPS) is 12.0. The first kappa shape index (κ1) is 21.5. The number of carbonyl (C=O) groups excluding carboxylic acids is 2. The number of furan rings is 1. The van der Waals surface area contributed by atoms with Gasteiger partial charge in [0.25, 0.3) is 5.91 Å². The summed E-state index contributed by atoms with van der Waals surface area (Å²) in [5.41, 5.74) is 2.70. The Morgan fingerprint density at radius 1 is 1.14 bits per heavy atom. The van der Waals surface area contributed by atoms with E-state index >= 15 is 0 Å². The zero-order chi connectivity index (χ0) is 20.8. The molecule has 28 heavy (non-hydrogen) atoms. The van der Waals surface area contributed by atoms with Gasteiger partial charge in [-0.3, -0.25) is 9.59 Å². The van der Waals surface area contributed by atoms with Crippen LogP contribution < -0.4 is 10.2 Å². The number of rotatable bonds is 8. The van der Waals surface area contributed by atoms with Gasteiger partial charge < -0.3 is 19.5 Å². The van der Waals surface area contributed by atoms with Crippen LogP contribution in [0.4, 0.5) is 11.4 Å². The van der Waals surface area contributed by atoms with Crippen LogP contribution in [0.2, 0.25) is 0 Å². The van der Waals surface area contributed by atoms with Gasteiger partial charge in [-0.25, -0.2) is 0 Å². The number of anilines is 2. The molecule has 2 aromatic rings. The van der Waals surface area contributed by atoms with Gasteiger partial charge in [-0.1, -0.05) is 20.8 Å². The lowest BCUT2D eigenvalue weighted by molar-refractivity contribution is -0.118. The van der Waals surface area contributed by atoms with Crippen molar-refractivity contribution in [2.24, 2.45) is 5.92 Å². The molecule has 0 saturated heterocycles. The van der Waals surface area contributed by atoms with Gasteiger partial charge in [-0.05, 0) is 49.2 Å². The van der Waals surface area contributed by atoms with E-state index in [0.29, 0.717) is 12.3 Å². The summed E-state index contributed by atoms with van der Waals surface area (Å²) < 4.78 is 5.33. The highest BCUT2D eigenvalue weighted by Crippen LogP contribution is 2.26. The molecule has 1 aromatic heterocycles. The fourth-order valence-electron chi connectivity index (χ4n) is 2.89. The third-order valence-corrected chi connectivity index (χ3v) is 4.81. The van der Waals surface area contributed by atoms with Crippen molar-refractivity contribution in [3.63, 3.8) is 0 Å². The predicted molar refractivity (Wildman–Crippen MR) is 113 cm³/mol. The van der Waals surface area contributed by atoms with E-state index in [-0.39, 0.29) is 23.8 Å². The van der Waals surface area contributed by atoms with E-state index in [0.717, 1.165) is 23.4 Å². The maximum absolute atomic E-state index is 13.0. The minimum atomic E-state index is -0.138. The molecule has 0 radical (unpaired) electrons. The van der Waals surface area contributed by atoms with Gasteiger partial charge in [0.2, 0.25) is 5.91 Å². The van der Waals surface area contributed by atoms with Gasteiger partial charge in [0, 0.05) is 44.0 Å². The second kappa shape index (κ2) is 9.44. The molecule has 1 N–H and O–H groups in total. The van der Waals surface area contributed by atoms with Crippen LogP contribution in [-0.4, -0.2) is 36.9 Å². The number of nitrogens with one attached hydrogen (secondary N) is 1. The number of carbonyl (C=O) groups is 2. The van der Waals surface area contributed by atoms with Gasteiger partial charge in [-0.15, -0.1) is 0 Å². The minimum Gasteiger partial charge on any atom is -0.459 e. The average molecular weight is 386 g/mol. The average Bonchev–Trinajstić information content (AvgIpc) is 3.19. The summed E-state index contributed by atoms with van der Waals surface area (Å²) in [6.07, 6.45) is 2.34. The molecule has 6 heteroatoms. The molecule has 0 aliphatic carbocycles. The van der Waals surface area contributed by atoms with Crippen LogP contribution in [0.3, 0.4) is 0 Å². The van der Waals surface area contributed by atoms with E-state index in [4.69, 9.17) is 4.42 Å². The standard InChI is InChI=1S/C22H31N3O3/c1-7-16(4)25(22(27)20-9-8-12-28-20)14-17-13-18(23-21(26)15(2)3)10-11-19(17)24(5)6/h8-13,15-16H,7,14H2,1-6H3,(H,23,26)/t16-/m0/s1. The SMILES string of the molecule is CC[C@H](C)N(Cc1cc(NC(=O)C(C)C)ccc1N(C)C)C(=O)c1ccco1. The third-order valence-electron chi connectivity index (χ3n) is 4.81. The smallest absolute Gasteiger partial charge is 0.290 e. The molecule has 0 bridgehead atoms. The van der Waals surface area contributed by atoms with E-state index in [2.05, 4.69) is 12.2 Å². The molecule has 0 unspecified atom stereocenters. The van der Waals surface area contributed by atoms with Gasteiger partial charge in [-0.2, -0.15) is 0 Å². The molecule has 0 aliphatic heterocycles. The first-order valence-corrected chi connectivity index (χ1v) is 9.70. The van der Waals surface area contributed by atoms with E-state index in [1.165, 1.54) is 6.26 Å². The van der Waals surface area contributed by atoms with E-state index in [1.807, 2.05) is 62.9 Å². The molecule has 6 nitrogen and oxygen atoms in total. The van der Waals surface area contributed by atoms with E-state index in [1.54, 1.807) is 12.1 Å². The lowest BCUT2D eigenvalue weighted by Crippen LogP contribution is -2.38. The van der Waals surface area contributed by atoms with E-state index in [9.17, 15) is 9.59 Å². The van der Waals surface area contributed by atoms with Crippen molar-refractivity contribution >= 4 is 23.2 Å². The predicted octanol–water partition coefficient (Wildman–Crippen LogP) is 4.38. The molecule has 1 atom stereocenters. The number of hydrogen-bond acceptors (Lipinski definition) is 4. The van der Waals surface area contributed by atoms with Crippen LogP contribution in [0, 0.1) is 5.92 Å². The van der Waals surface area contributed by atoms with Crippen molar-refractivity contribution in [3.05, 3.63) is 47.9 Å². The topological polar surface area (TPSA) is 65.8 Å². The summed E-state index contributed by atoms with van der Waals surface area (Å²) in [4.78, 5) is 28.9. The Bertz CT molecular complexity index is 797. The lowest BCUT2D eigenvalue weighted by atomic mass is 10.1. The van der Waals surface area contributed by atoms with Crippen molar-refractivity contribution in [2.45, 2.75) is 46.7 Å². The summed E-state index contributed by atoms with van der Waals surface area (Å²) in [5, 5.41) is 2.94. The summed E-state index contributed by atoms with van der Waals surface area (Å²) in [6.45, 7) is 8.22. The fraction of sp³-hybridized carbons (Fsp3) is 0.455. The Morgan fingerprint density at radius 3 is 2.39 bits per heavy atom. The molecule has 0 fully saturated rings. The lowest BCUT2D eigenvalue weighted by Gasteiger charge is -2.30. The first-order valence-electron chi connectivity index (χ1n) is 9.70. The van der Waals surface area contributed by atoms with Crippen LogP contribution in [0.15, 0.2) is 41.0 Å². The maximum atomic E-state index is 13.0. The minimum absolute atomic E-state index is 0.0333. The number of hydrogen-bond donors (Lipinski definition) is 1. The summed E-state index contributed by atoms with van der Waals surface area (Å²) in [7, 11) is 3.93. The number of amides is 2. The molecule has 0 spiro atoms. The van der Waals surface area contributed by atoms with Crippen LogP contribution in [0.1, 0.15) is 50.2 Å². The van der Waals surface area contributed by atoms with Crippen molar-refractivity contribution in [2.75, 3.05) is 24.3 Å². The molecule has 2 amide bonds. The summed E-state index contributed by atoms with van der Waals surface area (Å²) in [6, 6.07) is 9.25. The van der Waals surface area contributed by atoms with Gasteiger partial charge in [0.15, 0.2) is 5.76 Å². The van der Waals surface area contributed by atoms with Crippen LogP contribution in [0.25, 0.3) is 0 Å². The Balaban J connectivity index is 2.38. The Labute approximate surface area is 167 Å². The molecule has 2 rings (SSSR count). The van der Waals surface area contributed by atoms with Crippen LogP contribution >= 0.6 is 0 Å². The molecule has 1 heterocycles. The van der Waals surface area contributed by atoms with Gasteiger partial charge in [0.05, 0.1) is 6.26 Å². The van der Waals surface area contributed by atoms with Crippen molar-refractivity contribution < 1.29 is 14.0 Å². The second-order valence-electron chi connectivity index (χ2n) is 7.55. The van der Waals surface area contributed by atoms with E-state index < -0.39 is 0 Å². The highest BCUT2D eigenvalue weighted by molar-refractivity contribution is 5.93. The molecule has 1 aromatic carbocycles. The quantitative estimate of drug-likeness (QED) is 0.732. The highest BCUT2D eigenvalue weighted by atomic mass is 16.3. The first-order chi connectivity index (χ1) is 13.2. The van der Waals surface area contributed by atoms with Crippen molar-refractivity contribution in [3.8, 4) is 0 Å². The largest absolute Gasteiger partial charge is 0.459 e. The summed E-state index contributed by atoms with van der Waals surface area (Å²) >= 11 is 0. The fourth-order valence-corrected chi connectivity index (χ4v) is 2.89. The maximum Gasteiger partial charge on any atom is 0.290 e. The van der Waals surface area contributed by atoms with Crippen LogP contribution in [-0.2, 0) is 11.3 Å². The molecular weight excluding hydrogens is 354 g/mol. The Morgan fingerprint density at radius 2 is 1.86 bits per heavy atom. The third kappa shape index (κ3) is 5.15. The number of benzene rings is 1. The van der Waals surface area contributed by atoms with Crippen molar-refractivity contribution in [1.82, 2.24) is 4.90 Å². The Kier molecular flexibility index (Phi) is 7.26. The molecular formula is C22H31N3O3. The Hall–Kier alpha value is -2.76. The molecule has 0 aliphatic rings. The monoisotopic (exact) mass is 385 g/mol. The zero-order valence-corrected chi connectivity index (χ0v) is 17.7. The van der Waals surface area contributed by atoms with Gasteiger partial charge >= 0.3 is 0 Å². The van der Waals surface area contributed by atoms with Crippen LogP contribution in [0.5, 0.6) is 0 Å².